The normalized spacial score (nSPS) is 10.1. The van der Waals surface area contributed by atoms with Gasteiger partial charge in [0.15, 0.2) is 0 Å². The molecule has 0 radical (unpaired) electrons. The maximum atomic E-state index is 10.9. The van der Waals surface area contributed by atoms with Crippen LogP contribution in [-0.2, 0) is 16.0 Å². The Kier molecular flexibility index (Phi) is 5.49. The first-order valence-corrected chi connectivity index (χ1v) is 5.69. The molecule has 0 saturated heterocycles. The second-order valence-electron chi connectivity index (χ2n) is 3.70. The molecule has 0 atom stereocenters. The molecule has 94 valence electrons. The maximum absolute atomic E-state index is 10.9. The zero-order valence-corrected chi connectivity index (χ0v) is 10.6. The number of hydrogen-bond acceptors (Lipinski definition) is 3. The zero-order chi connectivity index (χ0) is 12.7. The number of rotatable bonds is 6. The van der Waals surface area contributed by atoms with Crippen molar-refractivity contribution >= 4 is 11.6 Å². The highest BCUT2D eigenvalue weighted by Crippen LogP contribution is 2.23. The fraction of sp³-hybridized carbons (Fsp3) is 0.462. The molecule has 0 saturated carbocycles. The van der Waals surface area contributed by atoms with Crippen molar-refractivity contribution in [3.8, 4) is 5.75 Å². The van der Waals surface area contributed by atoms with Crippen LogP contribution in [0.3, 0.4) is 0 Å². The number of carbonyl (C=O) groups excluding carboxylic acids is 1. The summed E-state index contributed by atoms with van der Waals surface area (Å²) in [6, 6.07) is 5.64. The Morgan fingerprint density at radius 2 is 2.12 bits per heavy atom. The first-order chi connectivity index (χ1) is 8.17. The molecular weight excluding hydrogens is 218 g/mol. The Balaban J connectivity index is 2.74. The number of carbonyl (C=O) groups is 1. The van der Waals surface area contributed by atoms with Gasteiger partial charge in [0.05, 0.1) is 6.61 Å². The third-order valence-electron chi connectivity index (χ3n) is 2.31. The SMILES string of the molecule is CCc1cc(NC(C)=O)ccc1OCCOC. The van der Waals surface area contributed by atoms with Crippen molar-refractivity contribution in [2.75, 3.05) is 25.6 Å². The van der Waals surface area contributed by atoms with E-state index in [0.29, 0.717) is 13.2 Å². The molecule has 1 amide bonds. The first-order valence-electron chi connectivity index (χ1n) is 5.69. The van der Waals surface area contributed by atoms with Crippen LogP contribution in [0.4, 0.5) is 5.69 Å². The van der Waals surface area contributed by atoms with Crippen molar-refractivity contribution < 1.29 is 14.3 Å². The van der Waals surface area contributed by atoms with E-state index >= 15 is 0 Å². The second kappa shape index (κ2) is 6.91. The van der Waals surface area contributed by atoms with Crippen LogP contribution >= 0.6 is 0 Å². The van der Waals surface area contributed by atoms with E-state index in [2.05, 4.69) is 12.2 Å². The van der Waals surface area contributed by atoms with Crippen LogP contribution in [0.15, 0.2) is 18.2 Å². The van der Waals surface area contributed by atoms with E-state index < -0.39 is 0 Å². The highest BCUT2D eigenvalue weighted by molar-refractivity contribution is 5.88. The summed E-state index contributed by atoms with van der Waals surface area (Å²) in [5, 5.41) is 2.75. The molecule has 0 aliphatic heterocycles. The van der Waals surface area contributed by atoms with Gasteiger partial charge in [-0.05, 0) is 30.2 Å². The summed E-state index contributed by atoms with van der Waals surface area (Å²) < 4.78 is 10.5. The van der Waals surface area contributed by atoms with Gasteiger partial charge in [-0.3, -0.25) is 4.79 Å². The molecule has 0 bridgehead atoms. The lowest BCUT2D eigenvalue weighted by Gasteiger charge is -2.12. The number of benzene rings is 1. The number of ether oxygens (including phenoxy) is 2. The predicted molar refractivity (Wildman–Crippen MR) is 67.5 cm³/mol. The van der Waals surface area contributed by atoms with Crippen LogP contribution in [-0.4, -0.2) is 26.2 Å². The van der Waals surface area contributed by atoms with Gasteiger partial charge in [-0.1, -0.05) is 6.92 Å². The van der Waals surface area contributed by atoms with Gasteiger partial charge in [0.25, 0.3) is 0 Å². The van der Waals surface area contributed by atoms with Crippen LogP contribution in [0.25, 0.3) is 0 Å². The molecule has 0 heterocycles. The van der Waals surface area contributed by atoms with Gasteiger partial charge in [-0.15, -0.1) is 0 Å². The van der Waals surface area contributed by atoms with Crippen molar-refractivity contribution in [2.24, 2.45) is 0 Å². The van der Waals surface area contributed by atoms with E-state index in [1.165, 1.54) is 6.92 Å². The number of aryl methyl sites for hydroxylation is 1. The Morgan fingerprint density at radius 3 is 2.71 bits per heavy atom. The minimum absolute atomic E-state index is 0.0693. The van der Waals surface area contributed by atoms with Gasteiger partial charge < -0.3 is 14.8 Å². The van der Waals surface area contributed by atoms with E-state index in [9.17, 15) is 4.79 Å². The lowest BCUT2D eigenvalue weighted by atomic mass is 10.1. The Labute approximate surface area is 102 Å². The molecule has 0 aliphatic carbocycles. The maximum Gasteiger partial charge on any atom is 0.221 e. The van der Waals surface area contributed by atoms with E-state index in [4.69, 9.17) is 9.47 Å². The average Bonchev–Trinajstić information content (AvgIpc) is 2.30. The molecule has 1 rings (SSSR count). The van der Waals surface area contributed by atoms with Gasteiger partial charge in [0, 0.05) is 19.7 Å². The Bertz CT molecular complexity index is 377. The van der Waals surface area contributed by atoms with Crippen molar-refractivity contribution in [1.82, 2.24) is 0 Å². The molecule has 1 aromatic rings. The number of anilines is 1. The van der Waals surface area contributed by atoms with Gasteiger partial charge in [-0.2, -0.15) is 0 Å². The molecule has 0 aliphatic rings. The predicted octanol–water partition coefficient (Wildman–Crippen LogP) is 2.23. The van der Waals surface area contributed by atoms with E-state index in [-0.39, 0.29) is 5.91 Å². The smallest absolute Gasteiger partial charge is 0.221 e. The lowest BCUT2D eigenvalue weighted by molar-refractivity contribution is -0.114. The van der Waals surface area contributed by atoms with Gasteiger partial charge in [-0.25, -0.2) is 0 Å². The fourth-order valence-corrected chi connectivity index (χ4v) is 1.51. The molecule has 0 unspecified atom stereocenters. The highest BCUT2D eigenvalue weighted by atomic mass is 16.5. The topological polar surface area (TPSA) is 47.6 Å². The fourth-order valence-electron chi connectivity index (χ4n) is 1.51. The molecule has 1 N–H and O–H groups in total. The van der Waals surface area contributed by atoms with Gasteiger partial charge >= 0.3 is 0 Å². The third kappa shape index (κ3) is 4.44. The second-order valence-corrected chi connectivity index (χ2v) is 3.70. The zero-order valence-electron chi connectivity index (χ0n) is 10.6. The standard InChI is InChI=1S/C13H19NO3/c1-4-11-9-12(14-10(2)15)5-6-13(11)17-8-7-16-3/h5-6,9H,4,7-8H2,1-3H3,(H,14,15). The Hall–Kier alpha value is -1.55. The molecule has 1 aromatic carbocycles. The molecule has 4 heteroatoms. The molecule has 0 aromatic heterocycles. The summed E-state index contributed by atoms with van der Waals surface area (Å²) >= 11 is 0. The largest absolute Gasteiger partial charge is 0.491 e. The summed E-state index contributed by atoms with van der Waals surface area (Å²) in [5.41, 5.74) is 1.88. The van der Waals surface area contributed by atoms with Crippen molar-refractivity contribution in [1.29, 1.82) is 0 Å². The summed E-state index contributed by atoms with van der Waals surface area (Å²) in [7, 11) is 1.64. The number of amides is 1. The van der Waals surface area contributed by atoms with Gasteiger partial charge in [0.2, 0.25) is 5.91 Å². The summed E-state index contributed by atoms with van der Waals surface area (Å²) in [5.74, 6) is 0.777. The van der Waals surface area contributed by atoms with E-state index in [1.54, 1.807) is 7.11 Å². The van der Waals surface area contributed by atoms with E-state index in [1.807, 2.05) is 18.2 Å². The van der Waals surface area contributed by atoms with Crippen LogP contribution < -0.4 is 10.1 Å². The first kappa shape index (κ1) is 13.5. The van der Waals surface area contributed by atoms with Crippen molar-refractivity contribution in [3.05, 3.63) is 23.8 Å². The molecular formula is C13H19NO3. The number of hydrogen-bond donors (Lipinski definition) is 1. The third-order valence-corrected chi connectivity index (χ3v) is 2.31. The molecule has 4 nitrogen and oxygen atoms in total. The number of methoxy groups -OCH3 is 1. The Morgan fingerprint density at radius 1 is 1.35 bits per heavy atom. The minimum atomic E-state index is -0.0693. The highest BCUT2D eigenvalue weighted by Gasteiger charge is 2.04. The van der Waals surface area contributed by atoms with Crippen molar-refractivity contribution in [3.63, 3.8) is 0 Å². The van der Waals surface area contributed by atoms with E-state index in [0.717, 1.165) is 23.4 Å². The summed E-state index contributed by atoms with van der Waals surface area (Å²) in [4.78, 5) is 10.9. The summed E-state index contributed by atoms with van der Waals surface area (Å²) in [6.07, 6.45) is 0.857. The van der Waals surface area contributed by atoms with Crippen LogP contribution in [0, 0.1) is 0 Å². The number of nitrogens with one attached hydrogen (secondary N) is 1. The minimum Gasteiger partial charge on any atom is -0.491 e. The van der Waals surface area contributed by atoms with Crippen molar-refractivity contribution in [2.45, 2.75) is 20.3 Å². The van der Waals surface area contributed by atoms with Crippen LogP contribution in [0.1, 0.15) is 19.4 Å². The monoisotopic (exact) mass is 237 g/mol. The van der Waals surface area contributed by atoms with Crippen LogP contribution in [0.5, 0.6) is 5.75 Å². The molecule has 17 heavy (non-hydrogen) atoms. The summed E-state index contributed by atoms with van der Waals surface area (Å²) in [6.45, 7) is 4.64. The van der Waals surface area contributed by atoms with Gasteiger partial charge in [0.1, 0.15) is 12.4 Å². The lowest BCUT2D eigenvalue weighted by Crippen LogP contribution is -2.08. The molecule has 0 spiro atoms. The van der Waals surface area contributed by atoms with Crippen LogP contribution in [0.2, 0.25) is 0 Å². The quantitative estimate of drug-likeness (QED) is 0.772. The average molecular weight is 237 g/mol. The molecule has 0 fully saturated rings.